The van der Waals surface area contributed by atoms with Gasteiger partial charge in [0.25, 0.3) is 17.4 Å². The number of H-pyrrole nitrogens is 1. The van der Waals surface area contributed by atoms with Crippen LogP contribution in [0, 0.1) is 23.2 Å². The number of esters is 3. The van der Waals surface area contributed by atoms with Crippen LogP contribution in [0.25, 0.3) is 11.2 Å². The van der Waals surface area contributed by atoms with Crippen molar-refractivity contribution in [2.75, 3.05) is 56.0 Å². The number of carbonyl (C=O) groups excluding carboxylic acids is 11. The molecule has 688 valence electrons. The number of amides is 8. The number of likely N-dealkylation sites (tertiary alicyclic amines) is 1. The summed E-state index contributed by atoms with van der Waals surface area (Å²) in [4.78, 5) is 235. The zero-order valence-corrected chi connectivity index (χ0v) is 73.3. The molecule has 1 unspecified atom stereocenters. The van der Waals surface area contributed by atoms with Gasteiger partial charge in [-0.3, -0.25) is 82.4 Å². The van der Waals surface area contributed by atoms with Gasteiger partial charge in [0.05, 0.1) is 43.2 Å². The Morgan fingerprint density at radius 2 is 1.40 bits per heavy atom. The first-order valence-electron chi connectivity index (χ1n) is 40.7. The molecule has 1 aliphatic rings. The van der Waals surface area contributed by atoms with E-state index in [0.717, 1.165) is 45.8 Å². The number of phenolic OH excluding ortho intramolecular Hbond substituents is 1. The Bertz CT molecular complexity index is 4700. The van der Waals surface area contributed by atoms with Crippen LogP contribution in [0.3, 0.4) is 0 Å². The fourth-order valence-corrected chi connectivity index (χ4v) is 16.0. The van der Waals surface area contributed by atoms with Gasteiger partial charge < -0.3 is 104 Å². The van der Waals surface area contributed by atoms with Gasteiger partial charge in [-0.25, -0.2) is 24.5 Å². The molecule has 0 aliphatic carbocycles. The van der Waals surface area contributed by atoms with Crippen LogP contribution in [0.1, 0.15) is 182 Å². The molecule has 0 bridgehead atoms. The Morgan fingerprint density at radius 1 is 0.746 bits per heavy atom. The molecule has 0 radical (unpaired) electrons. The van der Waals surface area contributed by atoms with E-state index in [4.69, 9.17) is 31.1 Å². The summed E-state index contributed by atoms with van der Waals surface area (Å²) in [5, 5.41) is 81.7. The van der Waals surface area contributed by atoms with Crippen molar-refractivity contribution < 1.29 is 112 Å². The van der Waals surface area contributed by atoms with Crippen molar-refractivity contribution in [3.8, 4) is 5.75 Å². The number of nitrogens with two attached hydrogens (primary N) is 2. The number of aromatic amines is 1. The Balaban J connectivity index is 1.04. The Morgan fingerprint density at radius 3 is 2.02 bits per heavy atom. The van der Waals surface area contributed by atoms with Crippen molar-refractivity contribution in [2.45, 2.75) is 212 Å². The first-order valence-corrected chi connectivity index (χ1v) is 44.0. The molecule has 43 nitrogen and oxygen atoms in total. The summed E-state index contributed by atoms with van der Waals surface area (Å²) in [6.45, 7) is 11.9. The minimum absolute atomic E-state index is 0.00869. The van der Waals surface area contributed by atoms with Crippen molar-refractivity contribution in [3.63, 3.8) is 0 Å². The lowest BCUT2D eigenvalue weighted by Crippen LogP contribution is -2.59. The summed E-state index contributed by atoms with van der Waals surface area (Å²) >= 11 is 1.01. The van der Waals surface area contributed by atoms with Crippen LogP contribution < -0.4 is 64.9 Å². The van der Waals surface area contributed by atoms with Crippen molar-refractivity contribution in [2.24, 2.45) is 23.5 Å². The summed E-state index contributed by atoms with van der Waals surface area (Å²) in [7, 11) is 3.77. The van der Waals surface area contributed by atoms with Gasteiger partial charge in [-0.05, 0) is 119 Å². The van der Waals surface area contributed by atoms with Gasteiger partial charge in [-0.1, -0.05) is 88.1 Å². The summed E-state index contributed by atoms with van der Waals surface area (Å²) in [6.07, 6.45) is -0.383. The molecule has 126 heavy (non-hydrogen) atoms. The number of carboxylic acid groups (broad SMARTS) is 4. The number of rotatable bonds is 53. The molecule has 1 saturated heterocycles. The maximum absolute atomic E-state index is 15.1. The first-order chi connectivity index (χ1) is 59.7. The molecule has 1 fully saturated rings. The Labute approximate surface area is 736 Å². The largest absolute Gasteiger partial charge is 0.508 e. The number of likely N-dealkylation sites (N-methyl/N-ethyl adjacent to an activating group) is 1. The minimum Gasteiger partial charge on any atom is -0.508 e. The van der Waals surface area contributed by atoms with Crippen molar-refractivity contribution in [1.82, 2.24) is 77.3 Å². The monoisotopic (exact) mass is 1820 g/mol. The summed E-state index contributed by atoms with van der Waals surface area (Å²) in [6, 6.07) is -0.524. The number of fused-ring (bicyclic) bond motifs is 1. The fraction of sp³-hybridized carbons (Fsp3) is 0.537. The molecule has 0 spiro atoms. The van der Waals surface area contributed by atoms with E-state index in [1.165, 1.54) is 59.8 Å². The smallest absolute Gasteiger partial charge is 0.327 e. The second-order valence-corrected chi connectivity index (χ2v) is 33.9. The van der Waals surface area contributed by atoms with E-state index in [1.807, 2.05) is 39.6 Å². The second kappa shape index (κ2) is 51.2. The third-order valence-corrected chi connectivity index (χ3v) is 23.4. The highest BCUT2D eigenvalue weighted by Crippen LogP contribution is 2.33. The predicted octanol–water partition coefficient (Wildman–Crippen LogP) is 2.42. The third-order valence-electron chi connectivity index (χ3n) is 20.1. The van der Waals surface area contributed by atoms with Gasteiger partial charge in [0.2, 0.25) is 41.4 Å². The number of carbonyl (C=O) groups is 15. The quantitative estimate of drug-likeness (QED) is 0.00505. The van der Waals surface area contributed by atoms with Gasteiger partial charge >= 0.3 is 41.8 Å². The average Bonchev–Trinajstić information content (AvgIpc) is 1.81. The fourth-order valence-electron chi connectivity index (χ4n) is 13.1. The molecule has 5 aromatic rings. The van der Waals surface area contributed by atoms with E-state index in [2.05, 4.69) is 72.8 Å². The van der Waals surface area contributed by atoms with Crippen LogP contribution in [0.4, 0.5) is 11.6 Å². The minimum atomic E-state index is -2.04. The van der Waals surface area contributed by atoms with Gasteiger partial charge in [0.15, 0.2) is 30.0 Å². The topological polar surface area (TPSA) is 660 Å². The number of aromatic nitrogens is 5. The van der Waals surface area contributed by atoms with Crippen LogP contribution in [0.15, 0.2) is 64.9 Å². The lowest BCUT2D eigenvalue weighted by Gasteiger charge is -2.39. The van der Waals surface area contributed by atoms with Crippen LogP contribution in [-0.4, -0.2) is 255 Å². The van der Waals surface area contributed by atoms with E-state index < -0.39 is 199 Å². The van der Waals surface area contributed by atoms with Gasteiger partial charge in [-0.15, -0.1) is 11.3 Å². The van der Waals surface area contributed by atoms with E-state index in [-0.39, 0.29) is 121 Å². The standard InChI is InChI=1S/C80H111N19O24S3/c1-9-14-63(107)122-40-99(75(115)64(42(5)10-2)95-72(113)57-16-11-12-28-98(57)8)58(41(3)4)35-59(123-44(7)100)74-94-55(38-124-74)71(112)88-48(32-45-17-23-50(101)24-18-45)31-43(6)78(120)121-29-30-125-126-39-56(77(118)119)93-70(111)54(34-62(105)106)92-68(109)51(15-13-27-84-79(81)82)90-69(110)53(33-61(103)104)89-60(102)26-25-52(76(116)117)91-67(108)46-19-21-47(22-20-46)85-36-49-37-86-66-65(87-49)73(114)97-80(83)96-66/h17-24,37-38,41-43,48,51-54,56-59,64,85,101H,9-16,25-36,39-40H2,1-8H3,(H,88,112)(H,89,102)(H,90,110)(H,91,108)(H,92,109)(H,93,111)(H,95,113)(H,103,104)(H,105,106)(H,116,117)(H,118,119)(H4,81,82,84)(H3,83,86,96,97,114)/t42?,43-,48+,51-,52-,53-,54-,56-,57+,58+,59+,64-/m0/s1. The molecule has 12 atom stereocenters. The van der Waals surface area contributed by atoms with Gasteiger partial charge in [-0.2, -0.15) is 4.98 Å². The number of carboxylic acids is 4. The van der Waals surface area contributed by atoms with E-state index >= 15 is 4.79 Å². The summed E-state index contributed by atoms with van der Waals surface area (Å²) in [5.41, 5.74) is 11.7. The first kappa shape index (κ1) is 102. The number of benzene rings is 2. The number of nitrogens with zero attached hydrogens (tertiary/aromatic N) is 6. The highest BCUT2D eigenvalue weighted by molar-refractivity contribution is 8.76. The second-order valence-electron chi connectivity index (χ2n) is 30.4. The zero-order valence-electron chi connectivity index (χ0n) is 70.9. The van der Waals surface area contributed by atoms with Crippen molar-refractivity contribution in [1.29, 1.82) is 5.41 Å². The maximum atomic E-state index is 15.1. The normalized spacial score (nSPS) is 15.2. The van der Waals surface area contributed by atoms with Crippen LogP contribution in [0.5, 0.6) is 5.75 Å². The third kappa shape index (κ3) is 34.0. The number of hydrogen-bond acceptors (Lipinski definition) is 31. The molecule has 3 aromatic heterocycles. The Kier molecular flexibility index (Phi) is 41.6. The zero-order chi connectivity index (χ0) is 93.0. The molecule has 1 aliphatic heterocycles. The lowest BCUT2D eigenvalue weighted by molar-refractivity contribution is -0.161. The average molecular weight is 1820 g/mol. The number of guanidine groups is 1. The molecule has 6 rings (SSSR count). The number of phenols is 1. The number of aliphatic carboxylic acids is 4. The van der Waals surface area contributed by atoms with Crippen LogP contribution >= 0.6 is 32.9 Å². The van der Waals surface area contributed by atoms with E-state index in [0.29, 0.717) is 42.8 Å². The van der Waals surface area contributed by atoms with Gasteiger partial charge in [0.1, 0.15) is 59.3 Å². The molecule has 46 heteroatoms. The number of hydrogen-bond donors (Lipinski definition) is 18. The van der Waals surface area contributed by atoms with E-state index in [9.17, 15) is 97.5 Å². The Hall–Kier alpha value is -12.3. The number of aromatic hydroxyl groups is 1. The SMILES string of the molecule is CCCC(=O)OCN(C(=O)[C@@H](NC(=O)[C@H]1CCCCN1C)C(C)CC)[C@H](C[C@@H](OC(C)=O)c1nc(C(=O)N[C@@H](Cc2ccc(O)cc2)C[C@H](C)C(=O)OCCSSC[C@H](NC(=O)[C@H](CC(=O)O)NC(=O)[C@H](CCCNC(=N)N)NC(=O)[C@H](CC(=O)O)NC(=O)CC[C@H](NC(=O)c2ccc(NCc3cnc4nc(N)[nH]c(=O)c4n3)cc2)C(=O)O)C(=O)O)cs1)C(C)C. The molecular weight excluding hydrogens is 1710 g/mol. The number of nitrogen functional groups attached to an aromatic ring is 1. The molecule has 20 N–H and O–H groups in total. The molecule has 2 aromatic carbocycles. The molecular formula is C80H111N19O24S3. The number of thiazole rings is 1. The maximum Gasteiger partial charge on any atom is 0.327 e. The van der Waals surface area contributed by atoms with Crippen LogP contribution in [0.2, 0.25) is 0 Å². The highest BCUT2D eigenvalue weighted by Gasteiger charge is 2.41. The molecule has 4 heterocycles. The molecule has 8 amide bonds. The highest BCUT2D eigenvalue weighted by atomic mass is 33.1. The lowest BCUT2D eigenvalue weighted by atomic mass is 9.92. The van der Waals surface area contributed by atoms with E-state index in [1.54, 1.807) is 26.0 Å². The number of piperidine rings is 1. The predicted molar refractivity (Wildman–Crippen MR) is 460 cm³/mol. The van der Waals surface area contributed by atoms with Crippen LogP contribution in [-0.2, 0) is 89.5 Å². The number of ether oxygens (including phenoxy) is 3. The van der Waals surface area contributed by atoms with Crippen molar-refractivity contribution in [3.05, 3.63) is 98.0 Å². The number of anilines is 2. The summed E-state index contributed by atoms with van der Waals surface area (Å²) < 4.78 is 17.2. The number of nitrogens with one attached hydrogen (secondary N) is 11. The summed E-state index contributed by atoms with van der Waals surface area (Å²) in [5.74, 6) is -18.4. The van der Waals surface area contributed by atoms with Gasteiger partial charge in [0, 0.05) is 73.0 Å². The molecule has 0 saturated carbocycles. The van der Waals surface area contributed by atoms with Crippen molar-refractivity contribution >= 4 is 151 Å².